The number of carbonyl (C=O) groups is 2. The molecule has 1 saturated heterocycles. The maximum atomic E-state index is 12.8. The van der Waals surface area contributed by atoms with Crippen molar-refractivity contribution >= 4 is 17.4 Å². The lowest BCUT2D eigenvalue weighted by molar-refractivity contribution is -0.116. The predicted molar refractivity (Wildman–Crippen MR) is 113 cm³/mol. The molecule has 0 unspecified atom stereocenters. The molecule has 0 atom stereocenters. The molecule has 3 heterocycles. The highest BCUT2D eigenvalue weighted by molar-refractivity contribution is 5.99. The molecule has 1 amide bonds. The van der Waals surface area contributed by atoms with Crippen LogP contribution in [0.4, 0.5) is 5.69 Å². The van der Waals surface area contributed by atoms with E-state index in [0.29, 0.717) is 50.3 Å². The van der Waals surface area contributed by atoms with Gasteiger partial charge in [-0.25, -0.2) is 4.98 Å². The quantitative estimate of drug-likeness (QED) is 0.738. The Labute approximate surface area is 176 Å². The molecule has 30 heavy (non-hydrogen) atoms. The number of nitrogens with zero attached hydrogens (tertiary/aromatic N) is 2. The molecule has 2 aliphatic rings. The lowest BCUT2D eigenvalue weighted by Crippen LogP contribution is -2.44. The number of aryl methyl sites for hydroxylation is 1. The molecule has 158 valence electrons. The van der Waals surface area contributed by atoms with Gasteiger partial charge in [0.05, 0.1) is 19.3 Å². The largest absolute Gasteiger partial charge is 0.481 e. The van der Waals surface area contributed by atoms with Crippen molar-refractivity contribution in [3.05, 3.63) is 53.2 Å². The number of piperidine rings is 1. The monoisotopic (exact) mass is 409 g/mol. The molecule has 0 aliphatic carbocycles. The van der Waals surface area contributed by atoms with E-state index in [1.165, 1.54) is 0 Å². The number of aliphatic hydroxyl groups is 1. The van der Waals surface area contributed by atoms with Crippen molar-refractivity contribution in [3.63, 3.8) is 0 Å². The summed E-state index contributed by atoms with van der Waals surface area (Å²) >= 11 is 0. The van der Waals surface area contributed by atoms with Gasteiger partial charge in [0.1, 0.15) is 0 Å². The van der Waals surface area contributed by atoms with E-state index in [4.69, 9.17) is 4.74 Å². The summed E-state index contributed by atoms with van der Waals surface area (Å²) in [5.74, 6) is 0.608. The Morgan fingerprint density at radius 1 is 1.23 bits per heavy atom. The van der Waals surface area contributed by atoms with Crippen LogP contribution in [0.1, 0.15) is 47.2 Å². The Hall–Kier alpha value is -2.77. The number of ketones is 1. The Bertz CT molecular complexity index is 934. The number of hydrogen-bond donors (Lipinski definition) is 2. The highest BCUT2D eigenvalue weighted by Gasteiger charge is 2.34. The van der Waals surface area contributed by atoms with E-state index in [1.807, 2.05) is 18.2 Å². The predicted octanol–water partition coefficient (Wildman–Crippen LogP) is 2.53. The third kappa shape index (κ3) is 4.37. The molecule has 0 spiro atoms. The summed E-state index contributed by atoms with van der Waals surface area (Å²) in [5, 5.41) is 13.9. The molecule has 1 fully saturated rings. The normalized spacial score (nSPS) is 18.8. The van der Waals surface area contributed by atoms with Crippen LogP contribution in [0.2, 0.25) is 0 Å². The number of aromatic nitrogens is 1. The molecule has 0 radical (unpaired) electrons. The lowest BCUT2D eigenvalue weighted by atomic mass is 9.85. The molecule has 4 rings (SSSR count). The van der Waals surface area contributed by atoms with Crippen LogP contribution in [0, 0.1) is 0 Å². The number of pyridine rings is 1. The van der Waals surface area contributed by atoms with Gasteiger partial charge in [-0.05, 0) is 55.5 Å². The minimum atomic E-state index is -0.929. The van der Waals surface area contributed by atoms with Crippen molar-refractivity contribution in [1.82, 2.24) is 9.88 Å². The van der Waals surface area contributed by atoms with E-state index in [0.717, 1.165) is 29.7 Å². The second-order valence-corrected chi connectivity index (χ2v) is 8.09. The highest BCUT2D eigenvalue weighted by Crippen LogP contribution is 2.33. The Kier molecular flexibility index (Phi) is 5.83. The summed E-state index contributed by atoms with van der Waals surface area (Å²) in [7, 11) is 1.56. The topological polar surface area (TPSA) is 91.8 Å². The van der Waals surface area contributed by atoms with E-state index < -0.39 is 5.60 Å². The van der Waals surface area contributed by atoms with E-state index in [2.05, 4.69) is 15.2 Å². The van der Waals surface area contributed by atoms with Gasteiger partial charge in [0.2, 0.25) is 11.8 Å². The minimum Gasteiger partial charge on any atom is -0.481 e. The van der Waals surface area contributed by atoms with Gasteiger partial charge in [-0.2, -0.15) is 0 Å². The zero-order chi connectivity index (χ0) is 21.1. The van der Waals surface area contributed by atoms with Crippen LogP contribution in [-0.2, 0) is 16.8 Å². The highest BCUT2D eigenvalue weighted by atomic mass is 16.5. The Morgan fingerprint density at radius 2 is 2.03 bits per heavy atom. The fourth-order valence-electron chi connectivity index (χ4n) is 4.19. The van der Waals surface area contributed by atoms with Crippen LogP contribution in [-0.4, -0.2) is 53.4 Å². The molecule has 1 aromatic carbocycles. The number of likely N-dealkylation sites (tertiary alicyclic amines) is 1. The first kappa shape index (κ1) is 20.5. The van der Waals surface area contributed by atoms with Gasteiger partial charge < -0.3 is 15.2 Å². The molecule has 2 aromatic rings. The standard InChI is InChI=1S/C23H27N3O4/c1-30-22-8-6-18(14-24-22)23(29)9-11-26(12-10-23)15-20(27)17-5-7-19-16(13-17)3-2-4-21(28)25-19/h5-8,13-14,29H,2-4,9-12,15H2,1H3,(H,25,28). The first-order valence-corrected chi connectivity index (χ1v) is 10.4. The molecular formula is C23H27N3O4. The van der Waals surface area contributed by atoms with E-state index in [1.54, 1.807) is 25.4 Å². The molecule has 0 bridgehead atoms. The van der Waals surface area contributed by atoms with Crippen molar-refractivity contribution in [2.45, 2.75) is 37.7 Å². The number of methoxy groups -OCH3 is 1. The van der Waals surface area contributed by atoms with E-state index >= 15 is 0 Å². The smallest absolute Gasteiger partial charge is 0.224 e. The number of hydrogen-bond acceptors (Lipinski definition) is 6. The summed E-state index contributed by atoms with van der Waals surface area (Å²) in [5.41, 5.74) is 2.35. The molecule has 7 heteroatoms. The van der Waals surface area contributed by atoms with Crippen molar-refractivity contribution in [2.24, 2.45) is 0 Å². The third-order valence-corrected chi connectivity index (χ3v) is 6.08. The average molecular weight is 409 g/mol. The summed E-state index contributed by atoms with van der Waals surface area (Å²) in [6.07, 6.45) is 4.85. The van der Waals surface area contributed by atoms with Crippen LogP contribution in [0.15, 0.2) is 36.5 Å². The fraction of sp³-hybridized carbons (Fsp3) is 0.435. The number of anilines is 1. The minimum absolute atomic E-state index is 0.0284. The zero-order valence-corrected chi connectivity index (χ0v) is 17.2. The van der Waals surface area contributed by atoms with Gasteiger partial charge in [0.25, 0.3) is 0 Å². The number of amides is 1. The van der Waals surface area contributed by atoms with Crippen LogP contribution >= 0.6 is 0 Å². The van der Waals surface area contributed by atoms with Gasteiger partial charge in [0, 0.05) is 48.6 Å². The molecule has 2 N–H and O–H groups in total. The molecular weight excluding hydrogens is 382 g/mol. The third-order valence-electron chi connectivity index (χ3n) is 6.08. The average Bonchev–Trinajstić information content (AvgIpc) is 2.95. The van der Waals surface area contributed by atoms with Crippen LogP contribution < -0.4 is 10.1 Å². The van der Waals surface area contributed by atoms with E-state index in [-0.39, 0.29) is 11.7 Å². The number of fused-ring (bicyclic) bond motifs is 1. The van der Waals surface area contributed by atoms with Gasteiger partial charge in [0.15, 0.2) is 5.78 Å². The van der Waals surface area contributed by atoms with Crippen molar-refractivity contribution in [3.8, 4) is 5.88 Å². The second-order valence-electron chi connectivity index (χ2n) is 8.09. The first-order valence-electron chi connectivity index (χ1n) is 10.4. The van der Waals surface area contributed by atoms with Crippen molar-refractivity contribution < 1.29 is 19.4 Å². The van der Waals surface area contributed by atoms with E-state index in [9.17, 15) is 14.7 Å². The summed E-state index contributed by atoms with van der Waals surface area (Å²) in [6, 6.07) is 9.13. The van der Waals surface area contributed by atoms with Gasteiger partial charge in [-0.1, -0.05) is 0 Å². The number of nitrogens with one attached hydrogen (secondary N) is 1. The first-order chi connectivity index (χ1) is 14.5. The number of rotatable bonds is 5. The number of Topliss-reactive ketones (excluding diaryl/α,β-unsaturated/α-hetero) is 1. The summed E-state index contributed by atoms with van der Waals surface area (Å²) in [4.78, 5) is 30.8. The summed E-state index contributed by atoms with van der Waals surface area (Å²) < 4.78 is 5.08. The van der Waals surface area contributed by atoms with Gasteiger partial charge in [-0.3, -0.25) is 14.5 Å². The maximum Gasteiger partial charge on any atom is 0.224 e. The lowest BCUT2D eigenvalue weighted by Gasteiger charge is -2.38. The SMILES string of the molecule is COc1ccc(C2(O)CCN(CC(=O)c3ccc4c(c3)CCCC(=O)N4)CC2)cn1. The van der Waals surface area contributed by atoms with Gasteiger partial charge >= 0.3 is 0 Å². The number of carbonyl (C=O) groups excluding carboxylic acids is 2. The van der Waals surface area contributed by atoms with Crippen LogP contribution in [0.5, 0.6) is 5.88 Å². The molecule has 1 aromatic heterocycles. The van der Waals surface area contributed by atoms with Crippen LogP contribution in [0.25, 0.3) is 0 Å². The maximum absolute atomic E-state index is 12.8. The van der Waals surface area contributed by atoms with Crippen LogP contribution in [0.3, 0.4) is 0 Å². The zero-order valence-electron chi connectivity index (χ0n) is 17.2. The Balaban J connectivity index is 1.37. The molecule has 2 aliphatic heterocycles. The second kappa shape index (κ2) is 8.53. The van der Waals surface area contributed by atoms with Gasteiger partial charge in [-0.15, -0.1) is 0 Å². The Morgan fingerprint density at radius 3 is 2.73 bits per heavy atom. The summed E-state index contributed by atoms with van der Waals surface area (Å²) in [6.45, 7) is 1.59. The molecule has 0 saturated carbocycles. The van der Waals surface area contributed by atoms with Crippen molar-refractivity contribution in [1.29, 1.82) is 0 Å². The molecule has 7 nitrogen and oxygen atoms in total. The fourth-order valence-corrected chi connectivity index (χ4v) is 4.19. The number of benzene rings is 1. The van der Waals surface area contributed by atoms with Crippen molar-refractivity contribution in [2.75, 3.05) is 32.1 Å². The number of ether oxygens (including phenoxy) is 1.